The van der Waals surface area contributed by atoms with Crippen molar-refractivity contribution in [3.8, 4) is 5.75 Å². The van der Waals surface area contributed by atoms with Gasteiger partial charge in [-0.25, -0.2) is 8.78 Å². The zero-order chi connectivity index (χ0) is 25.4. The molecule has 34 heavy (non-hydrogen) atoms. The van der Waals surface area contributed by atoms with Crippen LogP contribution in [0.1, 0.15) is 35.3 Å². The SMILES string of the molecule is CN(C)C(=O)Cn1c(=O)c(C(=O)NC(C)(C)O)c(O)c2ncc(Cc3ccc(F)c(F)c3)cc21. The predicted molar refractivity (Wildman–Crippen MR) is 119 cm³/mol. The van der Waals surface area contributed by atoms with Crippen LogP contribution >= 0.6 is 0 Å². The fraction of sp³-hybridized carbons (Fsp3) is 0.304. The molecule has 11 heteroatoms. The number of benzene rings is 1. The average Bonchev–Trinajstić information content (AvgIpc) is 2.72. The lowest BCUT2D eigenvalue weighted by Crippen LogP contribution is -2.45. The molecule has 0 aliphatic heterocycles. The maximum Gasteiger partial charge on any atom is 0.268 e. The zero-order valence-electron chi connectivity index (χ0n) is 19.0. The smallest absolute Gasteiger partial charge is 0.268 e. The van der Waals surface area contributed by atoms with Crippen LogP contribution in [0.3, 0.4) is 0 Å². The van der Waals surface area contributed by atoms with Crippen LogP contribution in [0.25, 0.3) is 11.0 Å². The van der Waals surface area contributed by atoms with E-state index in [1.165, 1.54) is 51.2 Å². The molecular formula is C23H24F2N4O5. The fourth-order valence-corrected chi connectivity index (χ4v) is 3.31. The van der Waals surface area contributed by atoms with Gasteiger partial charge in [-0.3, -0.25) is 23.9 Å². The molecule has 2 amide bonds. The summed E-state index contributed by atoms with van der Waals surface area (Å²) in [5.74, 6) is -4.22. The first-order chi connectivity index (χ1) is 15.8. The van der Waals surface area contributed by atoms with Crippen LogP contribution in [0.15, 0.2) is 35.3 Å². The molecule has 1 aromatic carbocycles. The molecule has 3 aromatic rings. The van der Waals surface area contributed by atoms with Gasteiger partial charge in [-0.2, -0.15) is 0 Å². The summed E-state index contributed by atoms with van der Waals surface area (Å²) in [6, 6.07) is 4.89. The lowest BCUT2D eigenvalue weighted by molar-refractivity contribution is -0.129. The number of likely N-dealkylation sites (N-methyl/N-ethyl adjacent to an activating group) is 1. The highest BCUT2D eigenvalue weighted by Crippen LogP contribution is 2.26. The number of nitrogens with zero attached hydrogens (tertiary/aromatic N) is 3. The Morgan fingerprint density at radius 1 is 1.15 bits per heavy atom. The molecular weight excluding hydrogens is 450 g/mol. The molecule has 180 valence electrons. The molecule has 0 bridgehead atoms. The highest BCUT2D eigenvalue weighted by molar-refractivity contribution is 6.01. The van der Waals surface area contributed by atoms with Gasteiger partial charge in [-0.15, -0.1) is 0 Å². The van der Waals surface area contributed by atoms with Crippen LogP contribution < -0.4 is 10.9 Å². The van der Waals surface area contributed by atoms with Gasteiger partial charge in [0, 0.05) is 20.3 Å². The number of pyridine rings is 2. The van der Waals surface area contributed by atoms with Crippen molar-refractivity contribution in [2.45, 2.75) is 32.5 Å². The standard InChI is InChI=1S/C23H24F2N4O5/c1-23(2,34)27-21(32)18-20(31)19-16(29(22(18)33)11-17(30)28(3)4)9-13(10-26-19)7-12-5-6-14(24)15(25)8-12/h5-6,8-10,31,34H,7,11H2,1-4H3,(H,27,32). The molecule has 3 rings (SSSR count). The number of aliphatic hydroxyl groups is 1. The van der Waals surface area contributed by atoms with Crippen LogP contribution in [-0.2, 0) is 17.8 Å². The number of carbonyl (C=O) groups excluding carboxylic acids is 2. The Hall–Kier alpha value is -3.86. The topological polar surface area (TPSA) is 125 Å². The van der Waals surface area contributed by atoms with E-state index in [0.717, 1.165) is 16.7 Å². The molecule has 3 N–H and O–H groups in total. The highest BCUT2D eigenvalue weighted by Gasteiger charge is 2.27. The summed E-state index contributed by atoms with van der Waals surface area (Å²) in [7, 11) is 2.98. The Morgan fingerprint density at radius 2 is 1.82 bits per heavy atom. The minimum Gasteiger partial charge on any atom is -0.505 e. The second-order valence-corrected chi connectivity index (χ2v) is 8.55. The van der Waals surface area contributed by atoms with E-state index >= 15 is 0 Å². The van der Waals surface area contributed by atoms with E-state index in [-0.39, 0.29) is 17.5 Å². The summed E-state index contributed by atoms with van der Waals surface area (Å²) < 4.78 is 27.8. The number of aromatic hydroxyl groups is 1. The number of hydrogen-bond donors (Lipinski definition) is 3. The Kier molecular flexibility index (Phi) is 6.69. The van der Waals surface area contributed by atoms with Crippen LogP contribution in [-0.4, -0.2) is 56.3 Å². The van der Waals surface area contributed by atoms with E-state index in [9.17, 15) is 33.4 Å². The molecule has 0 aliphatic carbocycles. The summed E-state index contributed by atoms with van der Waals surface area (Å²) >= 11 is 0. The van der Waals surface area contributed by atoms with Gasteiger partial charge in [0.1, 0.15) is 23.3 Å². The Bertz CT molecular complexity index is 1350. The first kappa shape index (κ1) is 24.8. The van der Waals surface area contributed by atoms with Crippen molar-refractivity contribution < 1.29 is 28.6 Å². The van der Waals surface area contributed by atoms with Crippen molar-refractivity contribution in [1.29, 1.82) is 0 Å². The quantitative estimate of drug-likeness (QED) is 0.466. The molecule has 2 aromatic heterocycles. The van der Waals surface area contributed by atoms with Gasteiger partial charge >= 0.3 is 0 Å². The number of fused-ring (bicyclic) bond motifs is 1. The Labute approximate surface area is 193 Å². The van der Waals surface area contributed by atoms with Crippen LogP contribution in [0.5, 0.6) is 5.75 Å². The van der Waals surface area contributed by atoms with Gasteiger partial charge < -0.3 is 20.4 Å². The number of nitrogens with one attached hydrogen (secondary N) is 1. The number of aromatic nitrogens is 2. The summed E-state index contributed by atoms with van der Waals surface area (Å²) in [6.45, 7) is 2.10. The number of hydrogen-bond acceptors (Lipinski definition) is 6. The molecule has 9 nitrogen and oxygen atoms in total. The number of halogens is 2. The minimum absolute atomic E-state index is 0.0672. The van der Waals surface area contributed by atoms with Gasteiger partial charge in [0.05, 0.1) is 5.52 Å². The average molecular weight is 474 g/mol. The third-order valence-electron chi connectivity index (χ3n) is 4.97. The molecule has 0 saturated heterocycles. The summed E-state index contributed by atoms with van der Waals surface area (Å²) in [4.78, 5) is 43.7. The van der Waals surface area contributed by atoms with Crippen LogP contribution in [0.2, 0.25) is 0 Å². The molecule has 2 heterocycles. The van der Waals surface area contributed by atoms with Gasteiger partial charge in [-0.1, -0.05) is 6.07 Å². The normalized spacial score (nSPS) is 11.5. The van der Waals surface area contributed by atoms with E-state index in [1.54, 1.807) is 0 Å². The van der Waals surface area contributed by atoms with Crippen molar-refractivity contribution in [2.75, 3.05) is 14.1 Å². The van der Waals surface area contributed by atoms with Gasteiger partial charge in [0.15, 0.2) is 17.4 Å². The Morgan fingerprint density at radius 3 is 2.41 bits per heavy atom. The van der Waals surface area contributed by atoms with Crippen LogP contribution in [0.4, 0.5) is 8.78 Å². The van der Waals surface area contributed by atoms with Crippen molar-refractivity contribution >= 4 is 22.8 Å². The van der Waals surface area contributed by atoms with Crippen molar-refractivity contribution in [1.82, 2.24) is 19.8 Å². The number of rotatable bonds is 6. The molecule has 0 fully saturated rings. The fourth-order valence-electron chi connectivity index (χ4n) is 3.31. The lowest BCUT2D eigenvalue weighted by atomic mass is 10.0. The van der Waals surface area contributed by atoms with Crippen molar-refractivity contribution in [3.63, 3.8) is 0 Å². The molecule has 0 aliphatic rings. The highest BCUT2D eigenvalue weighted by atomic mass is 19.2. The zero-order valence-corrected chi connectivity index (χ0v) is 19.0. The largest absolute Gasteiger partial charge is 0.505 e. The maximum atomic E-state index is 13.6. The van der Waals surface area contributed by atoms with E-state index in [0.29, 0.717) is 11.1 Å². The third-order valence-corrected chi connectivity index (χ3v) is 4.97. The van der Waals surface area contributed by atoms with E-state index in [2.05, 4.69) is 10.3 Å². The molecule has 0 radical (unpaired) electrons. The first-order valence-electron chi connectivity index (χ1n) is 10.2. The first-order valence-corrected chi connectivity index (χ1v) is 10.2. The molecule has 0 saturated carbocycles. The summed E-state index contributed by atoms with van der Waals surface area (Å²) in [6.07, 6.45) is 1.47. The van der Waals surface area contributed by atoms with Crippen molar-refractivity contribution in [2.24, 2.45) is 0 Å². The van der Waals surface area contributed by atoms with Gasteiger partial charge in [0.2, 0.25) is 5.91 Å². The van der Waals surface area contributed by atoms with E-state index in [1.807, 2.05) is 0 Å². The van der Waals surface area contributed by atoms with E-state index < -0.39 is 52.6 Å². The van der Waals surface area contributed by atoms with Crippen LogP contribution in [0, 0.1) is 11.6 Å². The summed E-state index contributed by atoms with van der Waals surface area (Å²) in [5.41, 5.74) is -2.47. The second-order valence-electron chi connectivity index (χ2n) is 8.55. The minimum atomic E-state index is -1.68. The van der Waals surface area contributed by atoms with Gasteiger partial charge in [-0.05, 0) is 49.6 Å². The maximum absolute atomic E-state index is 13.6. The second kappa shape index (κ2) is 9.18. The number of amides is 2. The van der Waals surface area contributed by atoms with E-state index in [4.69, 9.17) is 0 Å². The third kappa shape index (κ3) is 5.20. The molecule has 0 atom stereocenters. The predicted octanol–water partition coefficient (Wildman–Crippen LogP) is 1.52. The lowest BCUT2D eigenvalue weighted by Gasteiger charge is -2.21. The van der Waals surface area contributed by atoms with Crippen molar-refractivity contribution in [3.05, 3.63) is 69.1 Å². The summed E-state index contributed by atoms with van der Waals surface area (Å²) in [5, 5.41) is 22.8. The Balaban J connectivity index is 2.20. The number of carbonyl (C=O) groups is 2. The van der Waals surface area contributed by atoms with Gasteiger partial charge in [0.25, 0.3) is 11.5 Å². The monoisotopic (exact) mass is 474 g/mol. The molecule has 0 unspecified atom stereocenters. The molecule has 0 spiro atoms.